The summed E-state index contributed by atoms with van der Waals surface area (Å²) in [5.74, 6) is 0.828. The van der Waals surface area contributed by atoms with Crippen molar-refractivity contribution < 1.29 is 9.53 Å². The van der Waals surface area contributed by atoms with Gasteiger partial charge in [0.05, 0.1) is 12.7 Å². The summed E-state index contributed by atoms with van der Waals surface area (Å²) in [7, 11) is 1.62. The van der Waals surface area contributed by atoms with Crippen LogP contribution in [0, 0.1) is 0 Å². The number of carbonyl (C=O) groups is 1. The summed E-state index contributed by atoms with van der Waals surface area (Å²) in [5.41, 5.74) is 0.694. The van der Waals surface area contributed by atoms with Crippen LogP contribution in [0.5, 0.6) is 5.75 Å². The molecule has 2 atom stereocenters. The molecule has 1 amide bonds. The molecule has 19 heavy (non-hydrogen) atoms. The number of piperazine rings is 1. The summed E-state index contributed by atoms with van der Waals surface area (Å²) in [5, 5.41) is 0. The lowest BCUT2D eigenvalue weighted by Gasteiger charge is -2.34. The molecule has 0 saturated carbocycles. The Kier molecular flexibility index (Phi) is 3.50. The molecule has 2 aliphatic heterocycles. The first kappa shape index (κ1) is 12.9. The lowest BCUT2D eigenvalue weighted by molar-refractivity contribution is 0.0608. The van der Waals surface area contributed by atoms with Gasteiger partial charge in [0.15, 0.2) is 0 Å². The first-order chi connectivity index (χ1) is 9.19. The second kappa shape index (κ2) is 5.13. The Morgan fingerprint density at radius 1 is 1.37 bits per heavy atom. The molecule has 1 aromatic rings. The van der Waals surface area contributed by atoms with Crippen molar-refractivity contribution in [3.63, 3.8) is 0 Å². The van der Waals surface area contributed by atoms with E-state index in [4.69, 9.17) is 4.74 Å². The van der Waals surface area contributed by atoms with Crippen LogP contribution in [-0.2, 0) is 0 Å². The molecule has 5 heteroatoms. The van der Waals surface area contributed by atoms with Crippen molar-refractivity contribution >= 4 is 21.8 Å². The molecule has 4 nitrogen and oxygen atoms in total. The number of ether oxygens (including phenoxy) is 1. The molecule has 0 spiro atoms. The van der Waals surface area contributed by atoms with Crippen LogP contribution in [0.2, 0.25) is 0 Å². The van der Waals surface area contributed by atoms with Crippen LogP contribution in [0.25, 0.3) is 0 Å². The second-order valence-corrected chi connectivity index (χ2v) is 5.94. The molecule has 2 aliphatic rings. The van der Waals surface area contributed by atoms with Gasteiger partial charge in [-0.25, -0.2) is 0 Å². The molecule has 0 aromatic heterocycles. The lowest BCUT2D eigenvalue weighted by Crippen LogP contribution is -2.49. The van der Waals surface area contributed by atoms with E-state index in [1.165, 1.54) is 0 Å². The van der Waals surface area contributed by atoms with Crippen molar-refractivity contribution in [1.82, 2.24) is 9.80 Å². The number of methoxy groups -OCH3 is 1. The normalized spacial score (nSPS) is 25.5. The molecular weight excluding hydrogens is 308 g/mol. The molecule has 0 N–H and O–H groups in total. The molecule has 2 unspecified atom stereocenters. The van der Waals surface area contributed by atoms with Gasteiger partial charge in [-0.3, -0.25) is 9.69 Å². The number of benzene rings is 1. The van der Waals surface area contributed by atoms with Crippen LogP contribution in [0.15, 0.2) is 22.7 Å². The van der Waals surface area contributed by atoms with E-state index in [0.717, 1.165) is 42.8 Å². The fourth-order valence-electron chi connectivity index (χ4n) is 2.92. The predicted octanol–water partition coefficient (Wildman–Crippen LogP) is 1.99. The van der Waals surface area contributed by atoms with E-state index < -0.39 is 0 Å². The molecule has 0 radical (unpaired) electrons. The number of hydrogen-bond acceptors (Lipinski definition) is 3. The number of hydrogen-bond donors (Lipinski definition) is 0. The largest absolute Gasteiger partial charge is 0.497 e. The van der Waals surface area contributed by atoms with E-state index >= 15 is 0 Å². The average molecular weight is 325 g/mol. The summed E-state index contributed by atoms with van der Waals surface area (Å²) in [6, 6.07) is 5.92. The monoisotopic (exact) mass is 324 g/mol. The minimum absolute atomic E-state index is 0.109. The van der Waals surface area contributed by atoms with Crippen molar-refractivity contribution in [2.75, 3.05) is 33.3 Å². The zero-order valence-corrected chi connectivity index (χ0v) is 12.5. The first-order valence-corrected chi connectivity index (χ1v) is 7.35. The Morgan fingerprint density at radius 2 is 2.21 bits per heavy atom. The number of halogens is 1. The highest BCUT2D eigenvalue weighted by atomic mass is 79.9. The molecule has 102 valence electrons. The minimum Gasteiger partial charge on any atom is -0.497 e. The number of carbonyl (C=O) groups excluding carboxylic acids is 1. The number of rotatable bonds is 2. The van der Waals surface area contributed by atoms with Crippen molar-refractivity contribution in [3.05, 3.63) is 28.2 Å². The van der Waals surface area contributed by atoms with Crippen molar-refractivity contribution in [3.8, 4) is 5.75 Å². The predicted molar refractivity (Wildman–Crippen MR) is 76.6 cm³/mol. The Morgan fingerprint density at radius 3 is 3.00 bits per heavy atom. The van der Waals surface area contributed by atoms with E-state index in [0.29, 0.717) is 11.6 Å². The van der Waals surface area contributed by atoms with Crippen LogP contribution in [0.1, 0.15) is 16.8 Å². The van der Waals surface area contributed by atoms with E-state index in [1.54, 1.807) is 7.11 Å². The Balaban J connectivity index is 1.87. The van der Waals surface area contributed by atoms with Gasteiger partial charge in [-0.1, -0.05) is 0 Å². The summed E-state index contributed by atoms with van der Waals surface area (Å²) in [6.07, 6.45) is 1.09. The minimum atomic E-state index is 0.109. The Labute approximate surface area is 121 Å². The van der Waals surface area contributed by atoms with E-state index in [-0.39, 0.29) is 5.91 Å². The van der Waals surface area contributed by atoms with E-state index in [1.807, 2.05) is 23.1 Å². The number of amides is 1. The van der Waals surface area contributed by atoms with E-state index in [9.17, 15) is 4.79 Å². The summed E-state index contributed by atoms with van der Waals surface area (Å²) in [4.78, 5) is 17.1. The van der Waals surface area contributed by atoms with Gasteiger partial charge in [0, 0.05) is 36.7 Å². The molecule has 2 saturated heterocycles. The van der Waals surface area contributed by atoms with E-state index in [2.05, 4.69) is 20.8 Å². The molecule has 1 aromatic carbocycles. The van der Waals surface area contributed by atoms with Gasteiger partial charge < -0.3 is 9.64 Å². The smallest absolute Gasteiger partial charge is 0.255 e. The molecule has 2 fully saturated rings. The third-order valence-electron chi connectivity index (χ3n) is 4.01. The molecular formula is C14H17BrN2O2. The van der Waals surface area contributed by atoms with Gasteiger partial charge in [-0.05, 0) is 40.5 Å². The number of fused-ring (bicyclic) bond motifs is 2. The van der Waals surface area contributed by atoms with Crippen molar-refractivity contribution in [2.45, 2.75) is 12.5 Å². The maximum absolute atomic E-state index is 12.7. The molecule has 2 heterocycles. The highest BCUT2D eigenvalue weighted by Gasteiger charge is 2.35. The van der Waals surface area contributed by atoms with Crippen LogP contribution in [0.4, 0.5) is 0 Å². The highest BCUT2D eigenvalue weighted by molar-refractivity contribution is 9.10. The summed E-state index contributed by atoms with van der Waals surface area (Å²) in [6.45, 7) is 3.96. The second-order valence-electron chi connectivity index (χ2n) is 5.09. The van der Waals surface area contributed by atoms with Crippen LogP contribution >= 0.6 is 15.9 Å². The lowest BCUT2D eigenvalue weighted by atomic mass is 10.1. The maximum atomic E-state index is 12.7. The van der Waals surface area contributed by atoms with Crippen LogP contribution in [0.3, 0.4) is 0 Å². The molecule has 2 bridgehead atoms. The fourth-order valence-corrected chi connectivity index (χ4v) is 3.33. The third-order valence-corrected chi connectivity index (χ3v) is 4.70. The van der Waals surface area contributed by atoms with Gasteiger partial charge in [0.1, 0.15) is 5.75 Å². The zero-order valence-electron chi connectivity index (χ0n) is 10.9. The summed E-state index contributed by atoms with van der Waals surface area (Å²) >= 11 is 3.47. The maximum Gasteiger partial charge on any atom is 0.255 e. The van der Waals surface area contributed by atoms with Gasteiger partial charge in [0.2, 0.25) is 0 Å². The van der Waals surface area contributed by atoms with Gasteiger partial charge >= 0.3 is 0 Å². The van der Waals surface area contributed by atoms with Gasteiger partial charge in [-0.15, -0.1) is 0 Å². The SMILES string of the molecule is COc1ccc(Br)c(C(=O)N2CCN3CCC2C3)c1. The quantitative estimate of drug-likeness (QED) is 0.834. The fraction of sp³-hybridized carbons (Fsp3) is 0.500. The number of nitrogens with zero attached hydrogens (tertiary/aromatic N) is 2. The topological polar surface area (TPSA) is 32.8 Å². The van der Waals surface area contributed by atoms with Crippen LogP contribution in [-0.4, -0.2) is 55.0 Å². The Bertz CT molecular complexity index is 506. The standard InChI is InChI=1S/C14H17BrN2O2/c1-19-11-2-3-13(15)12(8-11)14(18)17-7-6-16-5-4-10(17)9-16/h2-3,8,10H,4-7,9H2,1H3. The van der Waals surface area contributed by atoms with Gasteiger partial charge in [-0.2, -0.15) is 0 Å². The van der Waals surface area contributed by atoms with Crippen LogP contribution < -0.4 is 4.74 Å². The zero-order chi connectivity index (χ0) is 13.4. The Hall–Kier alpha value is -1.07. The van der Waals surface area contributed by atoms with Crippen molar-refractivity contribution in [1.29, 1.82) is 0 Å². The van der Waals surface area contributed by atoms with Crippen molar-refractivity contribution in [2.24, 2.45) is 0 Å². The molecule has 3 rings (SSSR count). The average Bonchev–Trinajstić information content (AvgIpc) is 2.80. The molecule has 0 aliphatic carbocycles. The first-order valence-electron chi connectivity index (χ1n) is 6.56. The highest BCUT2D eigenvalue weighted by Crippen LogP contribution is 2.27. The third kappa shape index (κ3) is 2.37. The summed E-state index contributed by atoms with van der Waals surface area (Å²) < 4.78 is 6.04. The van der Waals surface area contributed by atoms with Gasteiger partial charge in [0.25, 0.3) is 5.91 Å².